The third-order valence-corrected chi connectivity index (χ3v) is 2.55. The van der Waals surface area contributed by atoms with E-state index in [1.165, 1.54) is 6.07 Å². The fourth-order valence-electron chi connectivity index (χ4n) is 1.90. The van der Waals surface area contributed by atoms with E-state index in [2.05, 4.69) is 0 Å². The van der Waals surface area contributed by atoms with Crippen molar-refractivity contribution in [3.05, 3.63) is 39.2 Å². The van der Waals surface area contributed by atoms with E-state index in [0.29, 0.717) is 24.0 Å². The average molecular weight is 196 g/mol. The Morgan fingerprint density at radius 1 is 1.57 bits per heavy atom. The Morgan fingerprint density at radius 3 is 2.93 bits per heavy atom. The summed E-state index contributed by atoms with van der Waals surface area (Å²) in [5.41, 5.74) is 6.41. The first kappa shape index (κ1) is 9.08. The standard InChI is InChI=1S/C9H9FN2O2/c10-6-2-4-8(12(13)14)5-1-3-7(11)9(5)6/h2,4,7H,1,3,11H2/t7-/m1/s1. The van der Waals surface area contributed by atoms with Gasteiger partial charge in [-0.1, -0.05) is 0 Å². The van der Waals surface area contributed by atoms with E-state index in [9.17, 15) is 14.5 Å². The minimum Gasteiger partial charge on any atom is -0.324 e. The summed E-state index contributed by atoms with van der Waals surface area (Å²) < 4.78 is 13.3. The van der Waals surface area contributed by atoms with Crippen LogP contribution in [0.3, 0.4) is 0 Å². The molecule has 1 atom stereocenters. The molecule has 4 nitrogen and oxygen atoms in total. The quantitative estimate of drug-likeness (QED) is 0.548. The topological polar surface area (TPSA) is 69.2 Å². The Hall–Kier alpha value is -1.49. The molecular formula is C9H9FN2O2. The van der Waals surface area contributed by atoms with Gasteiger partial charge in [0.25, 0.3) is 5.69 Å². The van der Waals surface area contributed by atoms with E-state index < -0.39 is 16.8 Å². The maximum atomic E-state index is 13.3. The van der Waals surface area contributed by atoms with Crippen LogP contribution in [0.1, 0.15) is 23.6 Å². The zero-order valence-corrected chi connectivity index (χ0v) is 7.37. The summed E-state index contributed by atoms with van der Waals surface area (Å²) in [5.74, 6) is -0.435. The van der Waals surface area contributed by atoms with E-state index in [4.69, 9.17) is 5.73 Å². The van der Waals surface area contributed by atoms with E-state index in [0.717, 1.165) is 6.07 Å². The van der Waals surface area contributed by atoms with Gasteiger partial charge in [0.2, 0.25) is 0 Å². The highest BCUT2D eigenvalue weighted by Gasteiger charge is 2.29. The van der Waals surface area contributed by atoms with Gasteiger partial charge in [0.15, 0.2) is 0 Å². The molecule has 74 valence electrons. The second kappa shape index (κ2) is 3.02. The summed E-state index contributed by atoms with van der Waals surface area (Å²) in [6, 6.07) is 1.92. The largest absolute Gasteiger partial charge is 0.324 e. The van der Waals surface area contributed by atoms with Crippen molar-refractivity contribution >= 4 is 5.69 Å². The highest BCUT2D eigenvalue weighted by molar-refractivity contribution is 5.50. The highest BCUT2D eigenvalue weighted by Crippen LogP contribution is 2.36. The third kappa shape index (κ3) is 1.17. The molecule has 0 amide bonds. The van der Waals surface area contributed by atoms with Gasteiger partial charge in [-0.25, -0.2) is 4.39 Å². The van der Waals surface area contributed by atoms with Gasteiger partial charge in [0.05, 0.1) is 4.92 Å². The van der Waals surface area contributed by atoms with Gasteiger partial charge in [0.1, 0.15) is 5.82 Å². The van der Waals surface area contributed by atoms with Crippen molar-refractivity contribution in [3.8, 4) is 0 Å². The van der Waals surface area contributed by atoms with Crippen LogP contribution in [-0.2, 0) is 6.42 Å². The van der Waals surface area contributed by atoms with Gasteiger partial charge in [-0.2, -0.15) is 0 Å². The molecule has 0 bridgehead atoms. The lowest BCUT2D eigenvalue weighted by molar-refractivity contribution is -0.385. The molecule has 0 radical (unpaired) electrons. The van der Waals surface area contributed by atoms with Crippen molar-refractivity contribution in [2.24, 2.45) is 5.73 Å². The predicted molar refractivity (Wildman–Crippen MR) is 48.3 cm³/mol. The molecule has 0 aromatic heterocycles. The summed E-state index contributed by atoms with van der Waals surface area (Å²) in [6.07, 6.45) is 1.07. The van der Waals surface area contributed by atoms with Crippen molar-refractivity contribution in [2.75, 3.05) is 0 Å². The van der Waals surface area contributed by atoms with Crippen molar-refractivity contribution < 1.29 is 9.31 Å². The predicted octanol–water partition coefficient (Wildman–Crippen LogP) is 1.68. The molecular weight excluding hydrogens is 187 g/mol. The van der Waals surface area contributed by atoms with Crippen molar-refractivity contribution in [1.82, 2.24) is 0 Å². The number of benzene rings is 1. The Labute approximate surface area is 79.7 Å². The van der Waals surface area contributed by atoms with Crippen LogP contribution in [0.15, 0.2) is 12.1 Å². The van der Waals surface area contributed by atoms with Crippen LogP contribution in [0.25, 0.3) is 0 Å². The molecule has 1 aromatic rings. The van der Waals surface area contributed by atoms with Crippen LogP contribution < -0.4 is 5.73 Å². The van der Waals surface area contributed by atoms with Gasteiger partial charge in [-0.15, -0.1) is 0 Å². The lowest BCUT2D eigenvalue weighted by atomic mass is 10.1. The zero-order valence-electron chi connectivity index (χ0n) is 7.37. The number of hydrogen-bond donors (Lipinski definition) is 1. The first-order valence-corrected chi connectivity index (χ1v) is 4.32. The van der Waals surface area contributed by atoms with Gasteiger partial charge >= 0.3 is 0 Å². The molecule has 2 N–H and O–H groups in total. The molecule has 0 spiro atoms. The fourth-order valence-corrected chi connectivity index (χ4v) is 1.90. The molecule has 2 rings (SSSR count). The lowest BCUT2D eigenvalue weighted by Crippen LogP contribution is -2.08. The molecule has 1 aromatic carbocycles. The third-order valence-electron chi connectivity index (χ3n) is 2.55. The van der Waals surface area contributed by atoms with Gasteiger partial charge < -0.3 is 5.73 Å². The average Bonchev–Trinajstić information content (AvgIpc) is 2.49. The number of nitrogens with zero attached hydrogens (tertiary/aromatic N) is 1. The fraction of sp³-hybridized carbons (Fsp3) is 0.333. The van der Waals surface area contributed by atoms with Crippen LogP contribution in [-0.4, -0.2) is 4.92 Å². The van der Waals surface area contributed by atoms with Gasteiger partial charge in [0, 0.05) is 23.2 Å². The van der Waals surface area contributed by atoms with Gasteiger partial charge in [-0.05, 0) is 18.9 Å². The Balaban J connectivity index is 2.64. The summed E-state index contributed by atoms with van der Waals surface area (Å²) in [6.45, 7) is 0. The number of nitrogens with two attached hydrogens (primary N) is 1. The number of nitro groups is 1. The number of rotatable bonds is 1. The van der Waals surface area contributed by atoms with Crippen molar-refractivity contribution in [2.45, 2.75) is 18.9 Å². The molecule has 0 heterocycles. The maximum absolute atomic E-state index is 13.3. The van der Waals surface area contributed by atoms with E-state index in [1.54, 1.807) is 0 Å². The maximum Gasteiger partial charge on any atom is 0.273 e. The SMILES string of the molecule is N[C@@H]1CCc2c([N+](=O)[O-])ccc(F)c21. The lowest BCUT2D eigenvalue weighted by Gasteiger charge is -2.05. The van der Waals surface area contributed by atoms with Gasteiger partial charge in [-0.3, -0.25) is 10.1 Å². The normalized spacial score (nSPS) is 19.4. The number of nitro benzene ring substituents is 1. The van der Waals surface area contributed by atoms with Crippen LogP contribution >= 0.6 is 0 Å². The monoisotopic (exact) mass is 196 g/mol. The molecule has 0 aliphatic heterocycles. The first-order chi connectivity index (χ1) is 6.61. The Bertz CT molecular complexity index is 406. The van der Waals surface area contributed by atoms with E-state index >= 15 is 0 Å². The zero-order chi connectivity index (χ0) is 10.3. The number of halogens is 1. The highest BCUT2D eigenvalue weighted by atomic mass is 19.1. The molecule has 1 aliphatic rings. The van der Waals surface area contributed by atoms with Crippen molar-refractivity contribution in [3.63, 3.8) is 0 Å². The summed E-state index contributed by atoms with van der Waals surface area (Å²) in [5, 5.41) is 10.6. The second-order valence-corrected chi connectivity index (χ2v) is 3.36. The molecule has 5 heteroatoms. The van der Waals surface area contributed by atoms with E-state index in [-0.39, 0.29) is 5.69 Å². The van der Waals surface area contributed by atoms with Crippen LogP contribution in [0.5, 0.6) is 0 Å². The minimum absolute atomic E-state index is 0.0191. The number of fused-ring (bicyclic) bond motifs is 1. The second-order valence-electron chi connectivity index (χ2n) is 3.36. The molecule has 14 heavy (non-hydrogen) atoms. The molecule has 0 saturated heterocycles. The van der Waals surface area contributed by atoms with Crippen molar-refractivity contribution in [1.29, 1.82) is 0 Å². The first-order valence-electron chi connectivity index (χ1n) is 4.32. The molecule has 1 aliphatic carbocycles. The minimum atomic E-state index is -0.490. The Morgan fingerprint density at radius 2 is 2.29 bits per heavy atom. The summed E-state index contributed by atoms with van der Waals surface area (Å²) in [4.78, 5) is 10.1. The van der Waals surface area contributed by atoms with E-state index in [1.807, 2.05) is 0 Å². The smallest absolute Gasteiger partial charge is 0.273 e. The van der Waals surface area contributed by atoms with Crippen LogP contribution in [0.4, 0.5) is 10.1 Å². The summed E-state index contributed by atoms with van der Waals surface area (Å²) in [7, 11) is 0. The van der Waals surface area contributed by atoms with Crippen LogP contribution in [0.2, 0.25) is 0 Å². The van der Waals surface area contributed by atoms with Crippen LogP contribution in [0, 0.1) is 15.9 Å². The molecule has 0 saturated carbocycles. The Kier molecular flexibility index (Phi) is 1.96. The summed E-state index contributed by atoms with van der Waals surface area (Å²) >= 11 is 0. The molecule has 0 unspecified atom stereocenters. The number of hydrogen-bond acceptors (Lipinski definition) is 3. The molecule has 0 fully saturated rings.